The maximum absolute atomic E-state index is 11.1. The molecule has 0 fully saturated rings. The van der Waals surface area contributed by atoms with Gasteiger partial charge in [0.1, 0.15) is 0 Å². The Morgan fingerprint density at radius 2 is 2.14 bits per heavy atom. The Bertz CT molecular complexity index is 180. The summed E-state index contributed by atoms with van der Waals surface area (Å²) < 4.78 is 0. The Morgan fingerprint density at radius 1 is 1.50 bits per heavy atom. The second-order valence-electron chi connectivity index (χ2n) is 3.62. The average Bonchev–Trinajstić information content (AvgIpc) is 2.15. The molecule has 0 rings (SSSR count). The van der Waals surface area contributed by atoms with Gasteiger partial charge in [-0.2, -0.15) is 0 Å². The van der Waals surface area contributed by atoms with E-state index in [1.54, 1.807) is 0 Å². The Labute approximate surface area is 87.0 Å². The largest absolute Gasteiger partial charge is 0.355 e. The molecule has 0 bridgehead atoms. The SMILES string of the molecule is C=CCC(C)C(C)NCC(=O)NCC. The molecule has 0 saturated carbocycles. The van der Waals surface area contributed by atoms with Crippen LogP contribution in [-0.4, -0.2) is 25.0 Å². The summed E-state index contributed by atoms with van der Waals surface area (Å²) in [6, 6.07) is 0.343. The van der Waals surface area contributed by atoms with Crippen LogP contribution in [0.1, 0.15) is 27.2 Å². The van der Waals surface area contributed by atoms with E-state index in [2.05, 4.69) is 31.1 Å². The molecular weight excluding hydrogens is 176 g/mol. The maximum atomic E-state index is 11.1. The van der Waals surface area contributed by atoms with Gasteiger partial charge in [0.05, 0.1) is 6.54 Å². The fourth-order valence-electron chi connectivity index (χ4n) is 1.18. The zero-order valence-corrected chi connectivity index (χ0v) is 9.47. The van der Waals surface area contributed by atoms with Gasteiger partial charge in [0, 0.05) is 12.6 Å². The van der Waals surface area contributed by atoms with E-state index >= 15 is 0 Å². The van der Waals surface area contributed by atoms with Gasteiger partial charge in [-0.3, -0.25) is 4.79 Å². The zero-order chi connectivity index (χ0) is 11.0. The van der Waals surface area contributed by atoms with Crippen LogP contribution in [0.25, 0.3) is 0 Å². The van der Waals surface area contributed by atoms with E-state index < -0.39 is 0 Å². The quantitative estimate of drug-likeness (QED) is 0.606. The van der Waals surface area contributed by atoms with E-state index in [4.69, 9.17) is 0 Å². The van der Waals surface area contributed by atoms with Crippen LogP contribution in [0.3, 0.4) is 0 Å². The van der Waals surface area contributed by atoms with Crippen LogP contribution in [0.15, 0.2) is 12.7 Å². The summed E-state index contributed by atoms with van der Waals surface area (Å²) in [5.74, 6) is 0.576. The van der Waals surface area contributed by atoms with Crippen LogP contribution in [0.2, 0.25) is 0 Å². The lowest BCUT2D eigenvalue weighted by molar-refractivity contribution is -0.120. The van der Waals surface area contributed by atoms with Crippen molar-refractivity contribution in [1.29, 1.82) is 0 Å². The van der Waals surface area contributed by atoms with Crippen LogP contribution in [-0.2, 0) is 4.79 Å². The van der Waals surface area contributed by atoms with E-state index in [0.717, 1.165) is 6.42 Å². The monoisotopic (exact) mass is 198 g/mol. The minimum atomic E-state index is 0.0603. The molecule has 0 aliphatic carbocycles. The van der Waals surface area contributed by atoms with Crippen molar-refractivity contribution in [1.82, 2.24) is 10.6 Å². The molecule has 0 aromatic heterocycles. The highest BCUT2D eigenvalue weighted by Gasteiger charge is 2.10. The molecule has 0 radical (unpaired) electrons. The maximum Gasteiger partial charge on any atom is 0.233 e. The summed E-state index contributed by atoms with van der Waals surface area (Å²) in [5, 5.41) is 5.94. The van der Waals surface area contributed by atoms with Crippen molar-refractivity contribution >= 4 is 5.91 Å². The summed E-state index contributed by atoms with van der Waals surface area (Å²) >= 11 is 0. The first-order valence-corrected chi connectivity index (χ1v) is 5.22. The minimum absolute atomic E-state index is 0.0603. The van der Waals surface area contributed by atoms with Gasteiger partial charge >= 0.3 is 0 Å². The molecule has 82 valence electrons. The summed E-state index contributed by atoms with van der Waals surface area (Å²) in [4.78, 5) is 11.1. The highest BCUT2D eigenvalue weighted by Crippen LogP contribution is 2.07. The second kappa shape index (κ2) is 7.56. The predicted molar refractivity (Wildman–Crippen MR) is 60.1 cm³/mol. The number of allylic oxidation sites excluding steroid dienone is 1. The summed E-state index contributed by atoms with van der Waals surface area (Å²) in [6.45, 7) is 11.0. The van der Waals surface area contributed by atoms with Crippen LogP contribution in [0.5, 0.6) is 0 Å². The topological polar surface area (TPSA) is 41.1 Å². The molecule has 0 aliphatic rings. The number of rotatable bonds is 7. The third kappa shape index (κ3) is 5.75. The fourth-order valence-corrected chi connectivity index (χ4v) is 1.18. The number of hydrogen-bond donors (Lipinski definition) is 2. The molecule has 0 heterocycles. The molecule has 1 amide bonds. The predicted octanol–water partition coefficient (Wildman–Crippen LogP) is 1.31. The van der Waals surface area contributed by atoms with E-state index in [1.165, 1.54) is 0 Å². The summed E-state index contributed by atoms with van der Waals surface area (Å²) in [6.07, 6.45) is 2.89. The molecule has 0 saturated heterocycles. The molecule has 2 N–H and O–H groups in total. The molecule has 2 unspecified atom stereocenters. The number of nitrogens with one attached hydrogen (secondary N) is 2. The van der Waals surface area contributed by atoms with E-state index in [-0.39, 0.29) is 5.91 Å². The standard InChI is InChI=1S/C11H22N2O/c1-5-7-9(3)10(4)13-8-11(14)12-6-2/h5,9-10,13H,1,6-8H2,2-4H3,(H,12,14). The molecule has 0 spiro atoms. The fraction of sp³-hybridized carbons (Fsp3) is 0.727. The van der Waals surface area contributed by atoms with Gasteiger partial charge in [0.15, 0.2) is 0 Å². The molecule has 3 heteroatoms. The summed E-state index contributed by atoms with van der Waals surface area (Å²) in [7, 11) is 0. The Hall–Kier alpha value is -0.830. The van der Waals surface area contributed by atoms with Gasteiger partial charge < -0.3 is 10.6 Å². The number of likely N-dealkylation sites (N-methyl/N-ethyl adjacent to an activating group) is 1. The van der Waals surface area contributed by atoms with Crippen LogP contribution < -0.4 is 10.6 Å². The normalized spacial score (nSPS) is 14.5. The molecule has 2 atom stereocenters. The number of amides is 1. The van der Waals surface area contributed by atoms with Crippen LogP contribution in [0.4, 0.5) is 0 Å². The van der Waals surface area contributed by atoms with Crippen LogP contribution >= 0.6 is 0 Å². The molecular formula is C11H22N2O. The highest BCUT2D eigenvalue weighted by atomic mass is 16.1. The van der Waals surface area contributed by atoms with Crippen molar-refractivity contribution in [3.05, 3.63) is 12.7 Å². The molecule has 0 aromatic carbocycles. The lowest BCUT2D eigenvalue weighted by Gasteiger charge is -2.19. The van der Waals surface area contributed by atoms with Gasteiger partial charge in [-0.15, -0.1) is 6.58 Å². The first-order chi connectivity index (χ1) is 6.61. The molecule has 3 nitrogen and oxygen atoms in total. The van der Waals surface area contributed by atoms with Crippen molar-refractivity contribution in [3.63, 3.8) is 0 Å². The second-order valence-corrected chi connectivity index (χ2v) is 3.62. The first kappa shape index (κ1) is 13.2. The van der Waals surface area contributed by atoms with Gasteiger partial charge in [-0.1, -0.05) is 13.0 Å². The number of carbonyl (C=O) groups is 1. The summed E-state index contributed by atoms with van der Waals surface area (Å²) in [5.41, 5.74) is 0. The smallest absolute Gasteiger partial charge is 0.233 e. The van der Waals surface area contributed by atoms with Crippen molar-refractivity contribution < 1.29 is 4.79 Å². The highest BCUT2D eigenvalue weighted by molar-refractivity contribution is 5.77. The Balaban J connectivity index is 3.66. The van der Waals surface area contributed by atoms with Gasteiger partial charge in [-0.05, 0) is 26.2 Å². The molecule has 0 aliphatic heterocycles. The molecule has 14 heavy (non-hydrogen) atoms. The lowest BCUT2D eigenvalue weighted by Crippen LogP contribution is -2.40. The van der Waals surface area contributed by atoms with Crippen LogP contribution in [0, 0.1) is 5.92 Å². The Morgan fingerprint density at radius 3 is 2.64 bits per heavy atom. The average molecular weight is 198 g/mol. The third-order valence-electron chi connectivity index (χ3n) is 2.35. The van der Waals surface area contributed by atoms with Crippen molar-refractivity contribution in [2.75, 3.05) is 13.1 Å². The van der Waals surface area contributed by atoms with Gasteiger partial charge in [0.2, 0.25) is 5.91 Å². The third-order valence-corrected chi connectivity index (χ3v) is 2.35. The molecule has 0 aromatic rings. The minimum Gasteiger partial charge on any atom is -0.355 e. The lowest BCUT2D eigenvalue weighted by atomic mass is 10.00. The van der Waals surface area contributed by atoms with Gasteiger partial charge in [-0.25, -0.2) is 0 Å². The van der Waals surface area contributed by atoms with E-state index in [1.807, 2.05) is 13.0 Å². The van der Waals surface area contributed by atoms with Gasteiger partial charge in [0.25, 0.3) is 0 Å². The van der Waals surface area contributed by atoms with E-state index in [0.29, 0.717) is 25.0 Å². The first-order valence-electron chi connectivity index (χ1n) is 5.22. The van der Waals surface area contributed by atoms with Crippen molar-refractivity contribution in [3.8, 4) is 0 Å². The Kier molecular flexibility index (Phi) is 7.11. The van der Waals surface area contributed by atoms with Crippen molar-refractivity contribution in [2.45, 2.75) is 33.2 Å². The number of carbonyl (C=O) groups excluding carboxylic acids is 1. The van der Waals surface area contributed by atoms with Crippen molar-refractivity contribution in [2.24, 2.45) is 5.92 Å². The zero-order valence-electron chi connectivity index (χ0n) is 9.47. The number of hydrogen-bond acceptors (Lipinski definition) is 2. The van der Waals surface area contributed by atoms with E-state index in [9.17, 15) is 4.79 Å².